The Morgan fingerprint density at radius 3 is 2.38 bits per heavy atom. The van der Waals surface area contributed by atoms with Gasteiger partial charge < -0.3 is 14.7 Å². The largest absolute Gasteiger partial charge is 0.389 e. The number of likely N-dealkylation sites (N-methyl/N-ethyl adjacent to an activating group) is 1. The maximum atomic E-state index is 9.51. The minimum absolute atomic E-state index is 0.612. The molecule has 0 aromatic rings. The van der Waals surface area contributed by atoms with Crippen LogP contribution in [0.2, 0.25) is 0 Å². The molecule has 0 heterocycles. The first-order chi connectivity index (χ1) is 5.95. The predicted octanol–water partition coefficient (Wildman–Crippen LogP) is 1.12. The lowest BCUT2D eigenvalue weighted by Gasteiger charge is -2.25. The molecule has 0 aromatic heterocycles. The summed E-state index contributed by atoms with van der Waals surface area (Å²) in [5.41, 5.74) is -0.612. The first-order valence-corrected chi connectivity index (χ1v) is 4.94. The molecule has 0 saturated carbocycles. The molecular formula is C10H23NO2. The fourth-order valence-corrected chi connectivity index (χ4v) is 1.21. The zero-order valence-corrected chi connectivity index (χ0v) is 9.34. The van der Waals surface area contributed by atoms with Gasteiger partial charge in [-0.05, 0) is 27.3 Å². The van der Waals surface area contributed by atoms with Crippen molar-refractivity contribution in [2.24, 2.45) is 0 Å². The van der Waals surface area contributed by atoms with E-state index in [1.54, 1.807) is 0 Å². The van der Waals surface area contributed by atoms with Crippen molar-refractivity contribution in [2.45, 2.75) is 32.8 Å². The standard InChI is InChI=1S/C10H23NO2/c1-5-7-13-8-6-11(4)9-10(2,3)12/h12H,5-9H2,1-4H3. The quantitative estimate of drug-likeness (QED) is 0.609. The Balaban J connectivity index is 3.35. The van der Waals surface area contributed by atoms with Gasteiger partial charge in [-0.1, -0.05) is 6.92 Å². The number of rotatable bonds is 7. The average Bonchev–Trinajstić information content (AvgIpc) is 1.94. The molecule has 0 atom stereocenters. The Labute approximate surface area is 81.7 Å². The minimum atomic E-state index is -0.612. The third-order valence-corrected chi connectivity index (χ3v) is 1.62. The van der Waals surface area contributed by atoms with Crippen LogP contribution >= 0.6 is 0 Å². The van der Waals surface area contributed by atoms with Crippen LogP contribution in [0.15, 0.2) is 0 Å². The molecule has 0 unspecified atom stereocenters. The van der Waals surface area contributed by atoms with Crippen LogP contribution in [0.4, 0.5) is 0 Å². The van der Waals surface area contributed by atoms with Gasteiger partial charge in [0.15, 0.2) is 0 Å². The second-order valence-corrected chi connectivity index (χ2v) is 4.16. The topological polar surface area (TPSA) is 32.7 Å². The summed E-state index contributed by atoms with van der Waals surface area (Å²) in [6.07, 6.45) is 1.06. The van der Waals surface area contributed by atoms with Crippen molar-refractivity contribution in [1.82, 2.24) is 4.90 Å². The van der Waals surface area contributed by atoms with E-state index in [9.17, 15) is 5.11 Å². The van der Waals surface area contributed by atoms with Gasteiger partial charge in [0, 0.05) is 19.7 Å². The summed E-state index contributed by atoms with van der Waals surface area (Å²) in [6, 6.07) is 0. The highest BCUT2D eigenvalue weighted by Crippen LogP contribution is 2.02. The second kappa shape index (κ2) is 6.35. The number of hydrogen-bond donors (Lipinski definition) is 1. The Hall–Kier alpha value is -0.120. The highest BCUT2D eigenvalue weighted by atomic mass is 16.5. The van der Waals surface area contributed by atoms with E-state index in [2.05, 4.69) is 11.8 Å². The van der Waals surface area contributed by atoms with Gasteiger partial charge >= 0.3 is 0 Å². The van der Waals surface area contributed by atoms with Gasteiger partial charge in [-0.3, -0.25) is 0 Å². The van der Waals surface area contributed by atoms with Gasteiger partial charge in [0.1, 0.15) is 0 Å². The maximum absolute atomic E-state index is 9.51. The third kappa shape index (κ3) is 9.80. The Bertz CT molecular complexity index is 121. The van der Waals surface area contributed by atoms with Crippen LogP contribution < -0.4 is 0 Å². The molecule has 0 amide bonds. The molecule has 80 valence electrons. The van der Waals surface area contributed by atoms with Crippen LogP contribution in [-0.2, 0) is 4.74 Å². The van der Waals surface area contributed by atoms with E-state index < -0.39 is 5.60 Å². The zero-order chi connectivity index (χ0) is 10.3. The SMILES string of the molecule is CCCOCCN(C)CC(C)(C)O. The normalized spacial score (nSPS) is 12.5. The lowest BCUT2D eigenvalue weighted by molar-refractivity contribution is 0.0325. The minimum Gasteiger partial charge on any atom is -0.389 e. The maximum Gasteiger partial charge on any atom is 0.0718 e. The van der Waals surface area contributed by atoms with Gasteiger partial charge in [-0.15, -0.1) is 0 Å². The second-order valence-electron chi connectivity index (χ2n) is 4.16. The predicted molar refractivity (Wildman–Crippen MR) is 54.9 cm³/mol. The van der Waals surface area contributed by atoms with E-state index in [-0.39, 0.29) is 0 Å². The molecule has 0 aromatic carbocycles. The fraction of sp³-hybridized carbons (Fsp3) is 1.00. The lowest BCUT2D eigenvalue weighted by Crippen LogP contribution is -2.37. The Kier molecular flexibility index (Phi) is 6.29. The number of ether oxygens (including phenoxy) is 1. The van der Waals surface area contributed by atoms with E-state index in [0.29, 0.717) is 6.54 Å². The average molecular weight is 189 g/mol. The van der Waals surface area contributed by atoms with E-state index >= 15 is 0 Å². The summed E-state index contributed by atoms with van der Waals surface area (Å²) in [7, 11) is 1.99. The van der Waals surface area contributed by atoms with Crippen LogP contribution in [0.25, 0.3) is 0 Å². The monoisotopic (exact) mass is 189 g/mol. The first-order valence-electron chi connectivity index (χ1n) is 4.94. The van der Waals surface area contributed by atoms with Crippen molar-refractivity contribution in [3.8, 4) is 0 Å². The molecule has 0 aliphatic rings. The van der Waals surface area contributed by atoms with E-state index in [1.807, 2.05) is 20.9 Å². The van der Waals surface area contributed by atoms with Crippen molar-refractivity contribution in [2.75, 3.05) is 33.4 Å². The molecule has 13 heavy (non-hydrogen) atoms. The molecule has 0 aliphatic heterocycles. The molecule has 3 heteroatoms. The Morgan fingerprint density at radius 2 is 1.92 bits per heavy atom. The summed E-state index contributed by atoms with van der Waals surface area (Å²) in [5, 5.41) is 9.51. The van der Waals surface area contributed by atoms with Crippen LogP contribution in [0.3, 0.4) is 0 Å². The number of aliphatic hydroxyl groups is 1. The molecular weight excluding hydrogens is 166 g/mol. The molecule has 0 aliphatic carbocycles. The van der Waals surface area contributed by atoms with Crippen molar-refractivity contribution in [3.05, 3.63) is 0 Å². The van der Waals surface area contributed by atoms with E-state index in [0.717, 1.165) is 26.2 Å². The van der Waals surface area contributed by atoms with Gasteiger partial charge in [-0.2, -0.15) is 0 Å². The highest BCUT2D eigenvalue weighted by Gasteiger charge is 2.14. The molecule has 0 bridgehead atoms. The van der Waals surface area contributed by atoms with Crippen LogP contribution in [0.5, 0.6) is 0 Å². The van der Waals surface area contributed by atoms with Gasteiger partial charge in [0.05, 0.1) is 12.2 Å². The molecule has 1 N–H and O–H groups in total. The first kappa shape index (κ1) is 12.9. The van der Waals surface area contributed by atoms with Crippen molar-refractivity contribution in [1.29, 1.82) is 0 Å². The summed E-state index contributed by atoms with van der Waals surface area (Å²) in [6.45, 7) is 8.87. The molecule has 3 nitrogen and oxygen atoms in total. The third-order valence-electron chi connectivity index (χ3n) is 1.62. The van der Waals surface area contributed by atoms with Crippen molar-refractivity contribution < 1.29 is 9.84 Å². The van der Waals surface area contributed by atoms with E-state index in [1.165, 1.54) is 0 Å². The van der Waals surface area contributed by atoms with Crippen molar-refractivity contribution in [3.63, 3.8) is 0 Å². The van der Waals surface area contributed by atoms with Gasteiger partial charge in [-0.25, -0.2) is 0 Å². The molecule has 0 spiro atoms. The highest BCUT2D eigenvalue weighted by molar-refractivity contribution is 4.69. The number of hydrogen-bond acceptors (Lipinski definition) is 3. The molecule has 0 rings (SSSR count). The fourth-order valence-electron chi connectivity index (χ4n) is 1.21. The summed E-state index contributed by atoms with van der Waals surface area (Å²) >= 11 is 0. The van der Waals surface area contributed by atoms with Crippen LogP contribution in [-0.4, -0.2) is 49.0 Å². The van der Waals surface area contributed by atoms with Crippen LogP contribution in [0, 0.1) is 0 Å². The van der Waals surface area contributed by atoms with Crippen molar-refractivity contribution >= 4 is 0 Å². The molecule has 0 saturated heterocycles. The molecule has 0 fully saturated rings. The van der Waals surface area contributed by atoms with Gasteiger partial charge in [0.25, 0.3) is 0 Å². The zero-order valence-electron chi connectivity index (χ0n) is 9.34. The molecule has 0 radical (unpaired) electrons. The summed E-state index contributed by atoms with van der Waals surface area (Å²) in [4.78, 5) is 2.08. The van der Waals surface area contributed by atoms with Crippen LogP contribution in [0.1, 0.15) is 27.2 Å². The number of nitrogens with zero attached hydrogens (tertiary/aromatic N) is 1. The summed E-state index contributed by atoms with van der Waals surface area (Å²) in [5.74, 6) is 0. The Morgan fingerprint density at radius 1 is 1.31 bits per heavy atom. The summed E-state index contributed by atoms with van der Waals surface area (Å²) < 4.78 is 5.34. The van der Waals surface area contributed by atoms with Gasteiger partial charge in [0.2, 0.25) is 0 Å². The lowest BCUT2D eigenvalue weighted by atomic mass is 10.1. The van der Waals surface area contributed by atoms with E-state index in [4.69, 9.17) is 4.74 Å². The smallest absolute Gasteiger partial charge is 0.0718 e.